The predicted molar refractivity (Wildman–Crippen MR) is 34.6 cm³/mol. The van der Waals surface area contributed by atoms with Gasteiger partial charge in [-0.3, -0.25) is 4.79 Å². The van der Waals surface area contributed by atoms with Crippen LogP contribution in [0.3, 0.4) is 0 Å². The number of alkyl halides is 3. The van der Waals surface area contributed by atoms with E-state index in [1.165, 1.54) is 0 Å². The lowest BCUT2D eigenvalue weighted by Crippen LogP contribution is -2.08. The van der Waals surface area contributed by atoms with E-state index in [0.29, 0.717) is 0 Å². The van der Waals surface area contributed by atoms with Crippen LogP contribution in [0.2, 0.25) is 0 Å². The summed E-state index contributed by atoms with van der Waals surface area (Å²) in [6, 6.07) is 0. The monoisotopic (exact) mass is 243 g/mol. The Bertz CT molecular complexity index is 306. The Balaban J connectivity index is 3.22. The second-order valence-electron chi connectivity index (χ2n) is 1.80. The van der Waals surface area contributed by atoms with Crippen molar-refractivity contribution < 1.29 is 22.4 Å². The van der Waals surface area contributed by atoms with Crippen molar-refractivity contribution in [1.82, 2.24) is 4.98 Å². The molecule has 66 valence electrons. The van der Waals surface area contributed by atoms with Crippen molar-refractivity contribution in [2.24, 2.45) is 0 Å². The van der Waals surface area contributed by atoms with Crippen LogP contribution >= 0.6 is 15.9 Å². The number of carbonyl (C=O) groups excluding carboxylic acids is 1. The van der Waals surface area contributed by atoms with Crippen LogP contribution in [0.4, 0.5) is 13.2 Å². The Morgan fingerprint density at radius 2 is 2.08 bits per heavy atom. The summed E-state index contributed by atoms with van der Waals surface area (Å²) >= 11 is 2.58. The van der Waals surface area contributed by atoms with E-state index in [1.807, 2.05) is 0 Å². The number of nitrogens with zero attached hydrogens (tertiary/aromatic N) is 1. The Labute approximate surface area is 72.7 Å². The van der Waals surface area contributed by atoms with Gasteiger partial charge in [-0.05, 0) is 0 Å². The van der Waals surface area contributed by atoms with Gasteiger partial charge in [0.05, 0.1) is 0 Å². The normalized spacial score (nSPS) is 11.7. The molecule has 0 aliphatic carbocycles. The molecule has 0 aliphatic rings. The average Bonchev–Trinajstić information content (AvgIpc) is 2.29. The van der Waals surface area contributed by atoms with Crippen LogP contribution in [0.15, 0.2) is 9.22 Å². The van der Waals surface area contributed by atoms with E-state index in [4.69, 9.17) is 0 Å². The predicted octanol–water partition coefficient (Wildman–Crippen LogP) is 2.27. The van der Waals surface area contributed by atoms with Crippen LogP contribution in [0.25, 0.3) is 0 Å². The lowest BCUT2D eigenvalue weighted by molar-refractivity contribution is -0.141. The molecule has 7 heteroatoms. The number of aromatic nitrogens is 1. The summed E-state index contributed by atoms with van der Waals surface area (Å²) in [7, 11) is 0. The van der Waals surface area contributed by atoms with Gasteiger partial charge in [-0.2, -0.15) is 18.2 Å². The maximum Gasteiger partial charge on any atom is 0.437 e. The van der Waals surface area contributed by atoms with Gasteiger partial charge < -0.3 is 4.42 Å². The highest BCUT2D eigenvalue weighted by Gasteiger charge is 2.38. The summed E-state index contributed by atoms with van der Waals surface area (Å²) in [4.78, 5) is 12.6. The summed E-state index contributed by atoms with van der Waals surface area (Å²) in [5.41, 5.74) is -1.32. The lowest BCUT2D eigenvalue weighted by Gasteiger charge is -1.99. The van der Waals surface area contributed by atoms with Crippen LogP contribution in [0.1, 0.15) is 16.2 Å². The minimum absolute atomic E-state index is 0.0411. The molecule has 3 nitrogen and oxygen atoms in total. The first-order valence-electron chi connectivity index (χ1n) is 2.64. The molecule has 0 radical (unpaired) electrons. The smallest absolute Gasteiger partial charge is 0.428 e. The first kappa shape index (κ1) is 9.24. The molecule has 0 saturated heterocycles. The molecule has 0 amide bonds. The van der Waals surface area contributed by atoms with E-state index in [2.05, 4.69) is 25.3 Å². The SMILES string of the molecule is O=Cc1oc(Br)nc1C(F)(F)F. The van der Waals surface area contributed by atoms with Gasteiger partial charge in [0.2, 0.25) is 5.76 Å². The molecule has 1 aromatic rings. The van der Waals surface area contributed by atoms with Crippen LogP contribution < -0.4 is 0 Å². The standard InChI is InChI=1S/C5HBrF3NO2/c6-4-10-3(5(7,8)9)2(1-11)12-4/h1H. The van der Waals surface area contributed by atoms with Gasteiger partial charge in [0.15, 0.2) is 12.0 Å². The molecule has 1 heterocycles. The van der Waals surface area contributed by atoms with Gasteiger partial charge in [-0.15, -0.1) is 0 Å². The molecule has 1 rings (SSSR count). The van der Waals surface area contributed by atoms with Crippen molar-refractivity contribution in [3.8, 4) is 0 Å². The third-order valence-corrected chi connectivity index (χ3v) is 1.34. The highest BCUT2D eigenvalue weighted by atomic mass is 79.9. The van der Waals surface area contributed by atoms with E-state index < -0.39 is 17.6 Å². The van der Waals surface area contributed by atoms with E-state index in [9.17, 15) is 18.0 Å². The van der Waals surface area contributed by atoms with Crippen molar-refractivity contribution in [2.45, 2.75) is 6.18 Å². The number of rotatable bonds is 1. The van der Waals surface area contributed by atoms with E-state index in [1.54, 1.807) is 0 Å². The van der Waals surface area contributed by atoms with Crippen LogP contribution in [0, 0.1) is 0 Å². The highest BCUT2D eigenvalue weighted by Crippen LogP contribution is 2.31. The van der Waals surface area contributed by atoms with Crippen LogP contribution in [-0.4, -0.2) is 11.3 Å². The molecule has 0 aromatic carbocycles. The van der Waals surface area contributed by atoms with Crippen molar-refractivity contribution in [3.63, 3.8) is 0 Å². The zero-order valence-corrected chi connectivity index (χ0v) is 6.94. The number of hydrogen-bond donors (Lipinski definition) is 0. The molecular weight excluding hydrogens is 243 g/mol. The largest absolute Gasteiger partial charge is 0.437 e. The highest BCUT2D eigenvalue weighted by molar-refractivity contribution is 9.10. The molecule has 0 spiro atoms. The summed E-state index contributed by atoms with van der Waals surface area (Å²) in [5, 5.41) is 0. The number of oxazole rings is 1. The van der Waals surface area contributed by atoms with Gasteiger partial charge in [0, 0.05) is 15.9 Å². The van der Waals surface area contributed by atoms with Crippen molar-refractivity contribution in [1.29, 1.82) is 0 Å². The van der Waals surface area contributed by atoms with Gasteiger partial charge in [0.25, 0.3) is 4.80 Å². The quantitative estimate of drug-likeness (QED) is 0.711. The van der Waals surface area contributed by atoms with Crippen molar-refractivity contribution >= 4 is 22.2 Å². The zero-order valence-electron chi connectivity index (χ0n) is 5.35. The minimum atomic E-state index is -4.66. The summed E-state index contributed by atoms with van der Waals surface area (Å²) < 4.78 is 40.1. The maximum atomic E-state index is 11.9. The summed E-state index contributed by atoms with van der Waals surface area (Å²) in [6.45, 7) is 0. The van der Waals surface area contributed by atoms with Crippen molar-refractivity contribution in [3.05, 3.63) is 16.3 Å². The van der Waals surface area contributed by atoms with Crippen molar-refractivity contribution in [2.75, 3.05) is 0 Å². The first-order chi connectivity index (χ1) is 5.45. The fraction of sp³-hybridized carbons (Fsp3) is 0.200. The lowest BCUT2D eigenvalue weighted by atomic mass is 10.3. The third kappa shape index (κ3) is 1.66. The second-order valence-corrected chi connectivity index (χ2v) is 2.47. The number of halogens is 4. The fourth-order valence-corrected chi connectivity index (χ4v) is 0.940. The Hall–Kier alpha value is -0.850. The molecule has 0 atom stereocenters. The average molecular weight is 244 g/mol. The summed E-state index contributed by atoms with van der Waals surface area (Å²) in [6.07, 6.45) is -4.70. The van der Waals surface area contributed by atoms with Gasteiger partial charge in [0.1, 0.15) is 0 Å². The summed E-state index contributed by atoms with van der Waals surface area (Å²) in [5.74, 6) is -0.825. The van der Waals surface area contributed by atoms with Crippen LogP contribution in [0.5, 0.6) is 0 Å². The Morgan fingerprint density at radius 1 is 1.50 bits per heavy atom. The number of hydrogen-bond acceptors (Lipinski definition) is 3. The molecular formula is C5HBrF3NO2. The Kier molecular flexibility index (Phi) is 2.22. The number of aldehydes is 1. The fourth-order valence-electron chi connectivity index (χ4n) is 0.588. The molecule has 0 saturated carbocycles. The maximum absolute atomic E-state index is 11.9. The zero-order chi connectivity index (χ0) is 9.35. The molecule has 0 fully saturated rings. The first-order valence-corrected chi connectivity index (χ1v) is 3.43. The molecule has 0 aliphatic heterocycles. The number of carbonyl (C=O) groups is 1. The molecule has 0 N–H and O–H groups in total. The van der Waals surface area contributed by atoms with E-state index in [-0.39, 0.29) is 11.1 Å². The van der Waals surface area contributed by atoms with Gasteiger partial charge >= 0.3 is 6.18 Å². The molecule has 12 heavy (non-hydrogen) atoms. The molecule has 0 unspecified atom stereocenters. The Morgan fingerprint density at radius 3 is 2.42 bits per heavy atom. The molecule has 1 aromatic heterocycles. The molecule has 0 bridgehead atoms. The second kappa shape index (κ2) is 2.89. The van der Waals surface area contributed by atoms with Gasteiger partial charge in [-0.25, -0.2) is 0 Å². The van der Waals surface area contributed by atoms with Gasteiger partial charge in [-0.1, -0.05) is 0 Å². The van der Waals surface area contributed by atoms with E-state index in [0.717, 1.165) is 0 Å². The minimum Gasteiger partial charge on any atom is -0.428 e. The van der Waals surface area contributed by atoms with Crippen LogP contribution in [-0.2, 0) is 6.18 Å². The van der Waals surface area contributed by atoms with E-state index >= 15 is 0 Å². The third-order valence-electron chi connectivity index (χ3n) is 1.00. The topological polar surface area (TPSA) is 43.1 Å².